The van der Waals surface area contributed by atoms with Crippen LogP contribution in [-0.2, 0) is 34.8 Å². The number of hydrogen-bond donors (Lipinski definition) is 2. The molecule has 0 atom stereocenters. The molecule has 1 aromatic carbocycles. The van der Waals surface area contributed by atoms with Gasteiger partial charge < -0.3 is 5.32 Å². The van der Waals surface area contributed by atoms with E-state index in [2.05, 4.69) is 15.0 Å². The van der Waals surface area contributed by atoms with Gasteiger partial charge in [-0.1, -0.05) is 35.3 Å². The maximum Gasteiger partial charge on any atom is 0.286 e. The molecule has 0 unspecified atom stereocenters. The number of rotatable bonds is 8. The predicted molar refractivity (Wildman–Crippen MR) is 129 cm³/mol. The van der Waals surface area contributed by atoms with Gasteiger partial charge in [0, 0.05) is 37.6 Å². The van der Waals surface area contributed by atoms with Gasteiger partial charge in [-0.3, -0.25) is 19.4 Å². The number of nitrogens with zero attached hydrogens (tertiary/aromatic N) is 3. The van der Waals surface area contributed by atoms with Crippen molar-refractivity contribution in [2.45, 2.75) is 24.8 Å². The first-order chi connectivity index (χ1) is 16.0. The van der Waals surface area contributed by atoms with Crippen molar-refractivity contribution in [3.05, 3.63) is 84.6 Å². The van der Waals surface area contributed by atoms with Crippen LogP contribution in [0.25, 0.3) is 0 Å². The molecule has 1 amide bonds. The van der Waals surface area contributed by atoms with Crippen LogP contribution in [0.3, 0.4) is 0 Å². The lowest BCUT2D eigenvalue weighted by Crippen LogP contribution is -2.40. The van der Waals surface area contributed by atoms with Gasteiger partial charge in [0.1, 0.15) is 16.6 Å². The zero-order valence-corrected chi connectivity index (χ0v) is 20.5. The molecule has 0 aliphatic heterocycles. The van der Waals surface area contributed by atoms with E-state index in [0.29, 0.717) is 12.0 Å². The summed E-state index contributed by atoms with van der Waals surface area (Å²) in [5.74, 6) is -0.675. The minimum atomic E-state index is -3.87. The first-order valence-corrected chi connectivity index (χ1v) is 12.2. The predicted octanol–water partition coefficient (Wildman–Crippen LogP) is 1.72. The van der Waals surface area contributed by atoms with E-state index in [0.717, 1.165) is 15.1 Å². The monoisotopic (exact) mass is 525 g/mol. The third-order valence-electron chi connectivity index (χ3n) is 4.91. The number of hydrogen-bond acceptors (Lipinski definition) is 6. The molecule has 10 nitrogen and oxygen atoms in total. The molecule has 0 saturated carbocycles. The zero-order valence-electron chi connectivity index (χ0n) is 18.2. The Hall–Kier alpha value is -2.99. The molecule has 0 saturated heterocycles. The van der Waals surface area contributed by atoms with Gasteiger partial charge in [0.2, 0.25) is 15.9 Å². The van der Waals surface area contributed by atoms with Crippen molar-refractivity contribution in [1.82, 2.24) is 19.1 Å². The largest absolute Gasteiger partial charge is 0.324 e. The summed E-state index contributed by atoms with van der Waals surface area (Å²) in [6.45, 7) is 1.23. The molecule has 0 bridgehead atoms. The molecular weight excluding hydrogens is 505 g/mol. The van der Waals surface area contributed by atoms with Gasteiger partial charge in [-0.15, -0.1) is 0 Å². The van der Waals surface area contributed by atoms with E-state index >= 15 is 0 Å². The van der Waals surface area contributed by atoms with Gasteiger partial charge >= 0.3 is 0 Å². The van der Waals surface area contributed by atoms with Crippen LogP contribution < -0.4 is 21.2 Å². The lowest BCUT2D eigenvalue weighted by Gasteiger charge is -2.14. The average molecular weight is 526 g/mol. The van der Waals surface area contributed by atoms with E-state index in [4.69, 9.17) is 23.2 Å². The lowest BCUT2D eigenvalue weighted by atomic mass is 10.2. The molecular formula is C21H21Cl2N5O5S. The van der Waals surface area contributed by atoms with Crippen LogP contribution in [0.5, 0.6) is 0 Å². The molecule has 2 N–H and O–H groups in total. The van der Waals surface area contributed by atoms with E-state index in [1.807, 2.05) is 6.07 Å². The fourth-order valence-electron chi connectivity index (χ4n) is 3.11. The third kappa shape index (κ3) is 5.73. The summed E-state index contributed by atoms with van der Waals surface area (Å²) in [6.07, 6.45) is 2.04. The highest BCUT2D eigenvalue weighted by molar-refractivity contribution is 7.89. The summed E-state index contributed by atoms with van der Waals surface area (Å²) in [5, 5.41) is 1.60. The number of aryl methyl sites for hydroxylation is 1. The first kappa shape index (κ1) is 25.6. The van der Waals surface area contributed by atoms with Crippen LogP contribution in [0.4, 0.5) is 5.69 Å². The van der Waals surface area contributed by atoms with Gasteiger partial charge in [0.15, 0.2) is 0 Å². The molecule has 3 aromatic rings. The maximum atomic E-state index is 12.8. The van der Waals surface area contributed by atoms with Gasteiger partial charge in [-0.05, 0) is 36.8 Å². The Morgan fingerprint density at radius 3 is 2.47 bits per heavy atom. The molecule has 2 aromatic heterocycles. The lowest BCUT2D eigenvalue weighted by molar-refractivity contribution is -0.117. The Morgan fingerprint density at radius 2 is 1.79 bits per heavy atom. The summed E-state index contributed by atoms with van der Waals surface area (Å²) in [5.41, 5.74) is -0.132. The number of amides is 1. The fourth-order valence-corrected chi connectivity index (χ4v) is 4.79. The van der Waals surface area contributed by atoms with Crippen molar-refractivity contribution in [3.63, 3.8) is 0 Å². The summed E-state index contributed by atoms with van der Waals surface area (Å²) >= 11 is 11.5. The summed E-state index contributed by atoms with van der Waals surface area (Å²) in [4.78, 5) is 41.0. The van der Waals surface area contributed by atoms with E-state index in [9.17, 15) is 22.8 Å². The zero-order chi connectivity index (χ0) is 25.0. The van der Waals surface area contributed by atoms with Crippen LogP contribution in [-0.4, -0.2) is 35.2 Å². The minimum absolute atomic E-state index is 0.00887. The van der Waals surface area contributed by atoms with Crippen LogP contribution in [0.1, 0.15) is 11.3 Å². The van der Waals surface area contributed by atoms with Crippen molar-refractivity contribution < 1.29 is 13.2 Å². The molecule has 0 radical (unpaired) electrons. The normalized spacial score (nSPS) is 11.4. The van der Waals surface area contributed by atoms with Gasteiger partial charge in [0.05, 0.1) is 4.90 Å². The van der Waals surface area contributed by atoms with Gasteiger partial charge in [-0.2, -0.15) is 0 Å². The number of nitrogens with one attached hydrogen (secondary N) is 2. The average Bonchev–Trinajstić information content (AvgIpc) is 2.81. The van der Waals surface area contributed by atoms with Crippen molar-refractivity contribution in [3.8, 4) is 0 Å². The molecule has 180 valence electrons. The van der Waals surface area contributed by atoms with Crippen molar-refractivity contribution in [2.24, 2.45) is 7.05 Å². The molecule has 0 aliphatic carbocycles. The topological polar surface area (TPSA) is 132 Å². The number of halogens is 2. The van der Waals surface area contributed by atoms with Crippen molar-refractivity contribution >= 4 is 44.8 Å². The van der Waals surface area contributed by atoms with E-state index < -0.39 is 43.6 Å². The third-order valence-corrected chi connectivity index (χ3v) is 7.31. The van der Waals surface area contributed by atoms with Crippen molar-refractivity contribution in [1.29, 1.82) is 0 Å². The number of aromatic nitrogens is 3. The number of carbonyl (C=O) groups is 1. The van der Waals surface area contributed by atoms with E-state index in [1.54, 1.807) is 31.3 Å². The SMILES string of the molecule is Cc1ccc(NC(=O)Cn2c(=O)c(Cl)c(Cl)c(=O)n2C)cc1S(=O)(=O)NCCc1ccccn1. The molecule has 2 heterocycles. The highest BCUT2D eigenvalue weighted by atomic mass is 35.5. The number of carbonyl (C=O) groups excluding carboxylic acids is 1. The molecule has 0 fully saturated rings. The second-order valence-corrected chi connectivity index (χ2v) is 9.81. The number of pyridine rings is 1. The summed E-state index contributed by atoms with van der Waals surface area (Å²) in [6, 6.07) is 9.77. The number of anilines is 1. The Bertz CT molecular complexity index is 1450. The van der Waals surface area contributed by atoms with Gasteiger partial charge in [0.25, 0.3) is 11.1 Å². The van der Waals surface area contributed by atoms with Crippen molar-refractivity contribution in [2.75, 3.05) is 11.9 Å². The fraction of sp³-hybridized carbons (Fsp3) is 0.238. The molecule has 3 rings (SSSR count). The number of sulfonamides is 1. The highest BCUT2D eigenvalue weighted by Gasteiger charge is 2.19. The van der Waals surface area contributed by atoms with E-state index in [-0.39, 0.29) is 17.1 Å². The Kier molecular flexibility index (Phi) is 7.93. The maximum absolute atomic E-state index is 12.8. The Balaban J connectivity index is 1.75. The standard InChI is InChI=1S/C21H21Cl2N5O5S/c1-13-6-7-15(11-16(13)34(32,33)25-10-8-14-5-3-4-9-24-14)26-17(29)12-28-21(31)19(23)18(22)20(30)27(28)2/h3-7,9,11,25H,8,10,12H2,1-2H3,(H,26,29). The Labute approximate surface area is 205 Å². The van der Waals surface area contributed by atoms with Gasteiger partial charge in [-0.25, -0.2) is 22.5 Å². The summed E-state index contributed by atoms with van der Waals surface area (Å²) < 4.78 is 29.9. The van der Waals surface area contributed by atoms with Crippen LogP contribution in [0, 0.1) is 6.92 Å². The Morgan fingerprint density at radius 1 is 1.09 bits per heavy atom. The minimum Gasteiger partial charge on any atom is -0.324 e. The van der Waals surface area contributed by atoms with E-state index in [1.165, 1.54) is 19.2 Å². The van der Waals surface area contributed by atoms with Crippen LogP contribution in [0.15, 0.2) is 57.1 Å². The van der Waals surface area contributed by atoms with Crippen LogP contribution >= 0.6 is 23.2 Å². The second-order valence-electron chi connectivity index (χ2n) is 7.32. The molecule has 0 spiro atoms. The highest BCUT2D eigenvalue weighted by Crippen LogP contribution is 2.20. The second kappa shape index (κ2) is 10.5. The number of benzene rings is 1. The quantitative estimate of drug-likeness (QED) is 0.460. The first-order valence-electron chi connectivity index (χ1n) is 9.96. The molecule has 0 aliphatic rings. The smallest absolute Gasteiger partial charge is 0.286 e. The molecule has 34 heavy (non-hydrogen) atoms. The van der Waals surface area contributed by atoms with Crippen LogP contribution in [0.2, 0.25) is 10.0 Å². The molecule has 13 heteroatoms. The summed E-state index contributed by atoms with van der Waals surface area (Å²) in [7, 11) is -2.60.